The number of hydrogen-bond donors (Lipinski definition) is 2. The van der Waals surface area contributed by atoms with E-state index in [0.29, 0.717) is 17.8 Å². The highest BCUT2D eigenvalue weighted by atomic mass is 16.5. The van der Waals surface area contributed by atoms with E-state index in [1.165, 1.54) is 12.8 Å². The van der Waals surface area contributed by atoms with Gasteiger partial charge in [-0.05, 0) is 25.7 Å². The molecule has 0 spiro atoms. The molecule has 0 aromatic carbocycles. The van der Waals surface area contributed by atoms with Crippen LogP contribution in [-0.4, -0.2) is 54.3 Å². The first-order chi connectivity index (χ1) is 10.3. The van der Waals surface area contributed by atoms with Crippen LogP contribution in [0.25, 0.3) is 0 Å². The van der Waals surface area contributed by atoms with Crippen molar-refractivity contribution in [2.24, 2.45) is 5.84 Å². The number of nitrogens with two attached hydrogens (primary N) is 1. The Labute approximate surface area is 124 Å². The summed E-state index contributed by atoms with van der Waals surface area (Å²) >= 11 is 0. The van der Waals surface area contributed by atoms with Gasteiger partial charge in [-0.15, -0.1) is 0 Å². The van der Waals surface area contributed by atoms with Crippen LogP contribution in [0.5, 0.6) is 0 Å². The van der Waals surface area contributed by atoms with E-state index in [2.05, 4.69) is 30.2 Å². The van der Waals surface area contributed by atoms with E-state index in [1.807, 2.05) is 0 Å². The van der Waals surface area contributed by atoms with Gasteiger partial charge in [0.1, 0.15) is 0 Å². The smallest absolute Gasteiger partial charge is 0.243 e. The van der Waals surface area contributed by atoms with E-state index in [-0.39, 0.29) is 6.10 Å². The summed E-state index contributed by atoms with van der Waals surface area (Å²) in [4.78, 5) is 17.7. The number of nitrogens with zero attached hydrogens (tertiary/aromatic N) is 5. The van der Waals surface area contributed by atoms with Crippen molar-refractivity contribution in [2.75, 3.05) is 48.5 Å². The molecule has 3 heterocycles. The van der Waals surface area contributed by atoms with Crippen LogP contribution in [0.3, 0.4) is 0 Å². The second-order valence-corrected chi connectivity index (χ2v) is 5.54. The topological polar surface area (TPSA) is 92.4 Å². The van der Waals surface area contributed by atoms with Gasteiger partial charge >= 0.3 is 0 Å². The second-order valence-electron chi connectivity index (χ2n) is 5.54. The molecule has 0 radical (unpaired) electrons. The standard InChI is InChI=1S/C13H23N7O/c1-21-10-5-4-8-20(9-10)13-16-11(18-14)15-12(17-13)19-6-2-3-7-19/h10H,2-9,14H2,1H3,(H,15,16,17,18). The van der Waals surface area contributed by atoms with E-state index < -0.39 is 0 Å². The Morgan fingerprint density at radius 1 is 1.05 bits per heavy atom. The van der Waals surface area contributed by atoms with Crippen LogP contribution in [0.1, 0.15) is 25.7 Å². The molecule has 8 nitrogen and oxygen atoms in total. The fourth-order valence-corrected chi connectivity index (χ4v) is 2.93. The number of anilines is 3. The van der Waals surface area contributed by atoms with Crippen molar-refractivity contribution >= 4 is 17.8 Å². The molecule has 1 aromatic heterocycles. The van der Waals surface area contributed by atoms with Gasteiger partial charge in [0, 0.05) is 33.3 Å². The summed E-state index contributed by atoms with van der Waals surface area (Å²) in [6.45, 7) is 3.74. The minimum atomic E-state index is 0.236. The van der Waals surface area contributed by atoms with Gasteiger partial charge in [-0.25, -0.2) is 5.84 Å². The molecule has 3 rings (SSSR count). The molecule has 2 saturated heterocycles. The first-order valence-electron chi connectivity index (χ1n) is 7.55. The van der Waals surface area contributed by atoms with Crippen molar-refractivity contribution in [1.29, 1.82) is 0 Å². The summed E-state index contributed by atoms with van der Waals surface area (Å²) in [6.07, 6.45) is 4.76. The zero-order chi connectivity index (χ0) is 14.7. The Morgan fingerprint density at radius 3 is 2.38 bits per heavy atom. The number of ether oxygens (including phenoxy) is 1. The number of rotatable bonds is 4. The lowest BCUT2D eigenvalue weighted by molar-refractivity contribution is 0.0889. The van der Waals surface area contributed by atoms with Crippen LogP contribution in [0.4, 0.5) is 17.8 Å². The van der Waals surface area contributed by atoms with Gasteiger partial charge in [-0.3, -0.25) is 5.43 Å². The number of piperidine rings is 1. The number of methoxy groups -OCH3 is 1. The van der Waals surface area contributed by atoms with Gasteiger partial charge in [0.25, 0.3) is 0 Å². The fourth-order valence-electron chi connectivity index (χ4n) is 2.93. The van der Waals surface area contributed by atoms with Gasteiger partial charge in [-0.1, -0.05) is 0 Å². The van der Waals surface area contributed by atoms with Crippen molar-refractivity contribution in [1.82, 2.24) is 15.0 Å². The summed E-state index contributed by atoms with van der Waals surface area (Å²) in [5.41, 5.74) is 2.55. The molecule has 8 heteroatoms. The molecule has 2 fully saturated rings. The SMILES string of the molecule is COC1CCCN(c2nc(NN)nc(N3CCCC3)n2)C1. The molecular formula is C13H23N7O. The van der Waals surface area contributed by atoms with Crippen molar-refractivity contribution < 1.29 is 4.74 Å². The van der Waals surface area contributed by atoms with E-state index in [9.17, 15) is 0 Å². The predicted molar refractivity (Wildman–Crippen MR) is 81.3 cm³/mol. The molecule has 116 valence electrons. The minimum absolute atomic E-state index is 0.236. The highest BCUT2D eigenvalue weighted by Gasteiger charge is 2.24. The number of nitrogen functional groups attached to an aromatic ring is 1. The molecule has 3 N–H and O–H groups in total. The van der Waals surface area contributed by atoms with Crippen LogP contribution in [0, 0.1) is 0 Å². The maximum absolute atomic E-state index is 5.50. The lowest BCUT2D eigenvalue weighted by Gasteiger charge is -2.32. The molecular weight excluding hydrogens is 270 g/mol. The number of hydrogen-bond acceptors (Lipinski definition) is 8. The molecule has 2 aliphatic rings. The van der Waals surface area contributed by atoms with E-state index in [1.54, 1.807) is 7.11 Å². The Kier molecular flexibility index (Phi) is 4.35. The lowest BCUT2D eigenvalue weighted by Crippen LogP contribution is -2.40. The maximum Gasteiger partial charge on any atom is 0.243 e. The Bertz CT molecular complexity index is 478. The minimum Gasteiger partial charge on any atom is -0.380 e. The average Bonchev–Trinajstić information content (AvgIpc) is 3.09. The quantitative estimate of drug-likeness (QED) is 0.608. The van der Waals surface area contributed by atoms with E-state index in [0.717, 1.165) is 39.0 Å². The third-order valence-corrected chi connectivity index (χ3v) is 4.12. The highest BCUT2D eigenvalue weighted by molar-refractivity contribution is 5.45. The van der Waals surface area contributed by atoms with Crippen molar-refractivity contribution in [3.63, 3.8) is 0 Å². The maximum atomic E-state index is 5.50. The highest BCUT2D eigenvalue weighted by Crippen LogP contribution is 2.22. The molecule has 0 saturated carbocycles. The first kappa shape index (κ1) is 14.3. The molecule has 0 bridgehead atoms. The van der Waals surface area contributed by atoms with Crippen molar-refractivity contribution in [2.45, 2.75) is 31.8 Å². The molecule has 1 atom stereocenters. The van der Waals surface area contributed by atoms with Crippen LogP contribution in [-0.2, 0) is 4.74 Å². The molecule has 1 unspecified atom stereocenters. The Balaban J connectivity index is 1.84. The summed E-state index contributed by atoms with van der Waals surface area (Å²) < 4.78 is 5.47. The van der Waals surface area contributed by atoms with Crippen LogP contribution < -0.4 is 21.1 Å². The van der Waals surface area contributed by atoms with Gasteiger partial charge in [0.05, 0.1) is 6.10 Å². The molecule has 0 aliphatic carbocycles. The molecule has 2 aliphatic heterocycles. The van der Waals surface area contributed by atoms with Gasteiger partial charge in [-0.2, -0.15) is 15.0 Å². The van der Waals surface area contributed by atoms with Crippen molar-refractivity contribution in [3.05, 3.63) is 0 Å². The molecule has 1 aromatic rings. The average molecular weight is 293 g/mol. The zero-order valence-corrected chi connectivity index (χ0v) is 12.5. The number of aromatic nitrogens is 3. The van der Waals surface area contributed by atoms with E-state index >= 15 is 0 Å². The first-order valence-corrected chi connectivity index (χ1v) is 7.55. The van der Waals surface area contributed by atoms with Crippen molar-refractivity contribution in [3.8, 4) is 0 Å². The van der Waals surface area contributed by atoms with E-state index in [4.69, 9.17) is 10.6 Å². The number of nitrogens with one attached hydrogen (secondary N) is 1. The third kappa shape index (κ3) is 3.16. The predicted octanol–water partition coefficient (Wildman–Crippen LogP) is 0.373. The fraction of sp³-hybridized carbons (Fsp3) is 0.769. The lowest BCUT2D eigenvalue weighted by atomic mass is 10.1. The molecule has 0 amide bonds. The summed E-state index contributed by atoms with van der Waals surface area (Å²) in [5, 5.41) is 0. The normalized spacial score (nSPS) is 22.7. The Hall–Kier alpha value is -1.67. The largest absolute Gasteiger partial charge is 0.380 e. The third-order valence-electron chi connectivity index (χ3n) is 4.12. The van der Waals surface area contributed by atoms with Gasteiger partial charge in [0.15, 0.2) is 0 Å². The summed E-state index contributed by atoms with van der Waals surface area (Å²) in [7, 11) is 1.75. The zero-order valence-electron chi connectivity index (χ0n) is 12.5. The number of hydrazine groups is 1. The monoisotopic (exact) mass is 293 g/mol. The van der Waals surface area contributed by atoms with Crippen LogP contribution in [0.15, 0.2) is 0 Å². The summed E-state index contributed by atoms with van der Waals surface area (Å²) in [6, 6.07) is 0. The van der Waals surface area contributed by atoms with Crippen LogP contribution in [0.2, 0.25) is 0 Å². The molecule has 21 heavy (non-hydrogen) atoms. The Morgan fingerprint density at radius 2 is 1.71 bits per heavy atom. The van der Waals surface area contributed by atoms with Gasteiger partial charge in [0.2, 0.25) is 17.8 Å². The second kappa shape index (κ2) is 6.40. The summed E-state index contributed by atoms with van der Waals surface area (Å²) in [5.74, 6) is 7.32. The van der Waals surface area contributed by atoms with Gasteiger partial charge < -0.3 is 14.5 Å². The van der Waals surface area contributed by atoms with Crippen LogP contribution >= 0.6 is 0 Å².